The minimum atomic E-state index is -0.930. The molecule has 0 fully saturated rings. The van der Waals surface area contributed by atoms with Crippen LogP contribution in [0.15, 0.2) is 22.7 Å². The van der Waals surface area contributed by atoms with Crippen LogP contribution < -0.4 is 10.1 Å². The molecule has 0 aliphatic heterocycles. The fourth-order valence-electron chi connectivity index (χ4n) is 1.96. The number of carbonyl (C=O) groups excluding carboxylic acids is 1. The van der Waals surface area contributed by atoms with Crippen molar-refractivity contribution >= 4 is 33.6 Å². The molecule has 0 spiro atoms. The third-order valence-electron chi connectivity index (χ3n) is 3.01. The predicted octanol–water partition coefficient (Wildman–Crippen LogP) is 3.17. The van der Waals surface area contributed by atoms with Crippen molar-refractivity contribution in [3.8, 4) is 5.75 Å². The fourth-order valence-corrected chi connectivity index (χ4v) is 2.50. The van der Waals surface area contributed by atoms with E-state index in [4.69, 9.17) is 9.84 Å². The molecule has 1 rings (SSSR count). The Hall–Kier alpha value is -1.76. The first-order valence-corrected chi connectivity index (χ1v) is 7.31. The number of nitrogens with zero attached hydrogens (tertiary/aromatic N) is 1. The lowest BCUT2D eigenvalue weighted by atomic mass is 10.2. The predicted molar refractivity (Wildman–Crippen MR) is 83.8 cm³/mol. The summed E-state index contributed by atoms with van der Waals surface area (Å²) in [7, 11) is 1.56. The Morgan fingerprint density at radius 1 is 1.48 bits per heavy atom. The molecule has 2 N–H and O–H groups in total. The van der Waals surface area contributed by atoms with Gasteiger partial charge in [0.1, 0.15) is 5.75 Å². The van der Waals surface area contributed by atoms with Gasteiger partial charge in [-0.3, -0.25) is 4.79 Å². The molecule has 0 aliphatic rings. The zero-order valence-corrected chi connectivity index (χ0v) is 13.8. The van der Waals surface area contributed by atoms with Crippen LogP contribution in [0.4, 0.5) is 10.5 Å². The van der Waals surface area contributed by atoms with Crippen molar-refractivity contribution in [2.24, 2.45) is 0 Å². The molecule has 0 radical (unpaired) electrons. The molecule has 7 heteroatoms. The molecular formula is C14H19BrN2O4. The number of nitrogens with one attached hydrogen (secondary N) is 1. The van der Waals surface area contributed by atoms with Crippen LogP contribution in [-0.4, -0.2) is 41.7 Å². The molecule has 1 unspecified atom stereocenters. The number of ether oxygens (including phenoxy) is 1. The fraction of sp³-hybridized carbons (Fsp3) is 0.429. The number of halogens is 1. The van der Waals surface area contributed by atoms with E-state index in [1.165, 1.54) is 4.90 Å². The molecule has 0 aromatic heterocycles. The number of methoxy groups -OCH3 is 1. The van der Waals surface area contributed by atoms with Gasteiger partial charge in [-0.25, -0.2) is 4.79 Å². The van der Waals surface area contributed by atoms with E-state index in [9.17, 15) is 9.59 Å². The minimum absolute atomic E-state index is 0.0897. The number of hydrogen-bond donors (Lipinski definition) is 2. The number of carboxylic acids is 1. The van der Waals surface area contributed by atoms with Crippen molar-refractivity contribution in [1.82, 2.24) is 4.90 Å². The Morgan fingerprint density at radius 2 is 2.14 bits per heavy atom. The number of aliphatic carboxylic acids is 1. The lowest BCUT2D eigenvalue weighted by molar-refractivity contribution is -0.137. The lowest BCUT2D eigenvalue weighted by Gasteiger charge is -2.27. The third-order valence-corrected chi connectivity index (χ3v) is 3.63. The van der Waals surface area contributed by atoms with Gasteiger partial charge in [0.2, 0.25) is 0 Å². The largest absolute Gasteiger partial charge is 0.496 e. The van der Waals surface area contributed by atoms with E-state index in [-0.39, 0.29) is 18.5 Å². The molecule has 1 aromatic rings. The zero-order chi connectivity index (χ0) is 16.0. The number of hydrogen-bond acceptors (Lipinski definition) is 3. The molecule has 2 amide bonds. The Labute approximate surface area is 132 Å². The minimum Gasteiger partial charge on any atom is -0.496 e. The number of rotatable bonds is 6. The Kier molecular flexibility index (Phi) is 6.48. The number of amides is 2. The lowest BCUT2D eigenvalue weighted by Crippen LogP contribution is -2.42. The second-order valence-corrected chi connectivity index (χ2v) is 5.37. The van der Waals surface area contributed by atoms with Crippen molar-refractivity contribution in [2.75, 3.05) is 19.0 Å². The summed E-state index contributed by atoms with van der Waals surface area (Å²) in [6.07, 6.45) is -0.0897. The monoisotopic (exact) mass is 358 g/mol. The number of urea groups is 1. The molecule has 1 atom stereocenters. The van der Waals surface area contributed by atoms with Crippen molar-refractivity contribution < 1.29 is 19.4 Å². The van der Waals surface area contributed by atoms with Gasteiger partial charge in [-0.2, -0.15) is 0 Å². The third kappa shape index (κ3) is 4.93. The number of anilines is 1. The van der Waals surface area contributed by atoms with Gasteiger partial charge in [0, 0.05) is 18.3 Å². The average Bonchev–Trinajstić information content (AvgIpc) is 2.38. The van der Waals surface area contributed by atoms with Crippen LogP contribution in [0.2, 0.25) is 0 Å². The van der Waals surface area contributed by atoms with Crippen LogP contribution >= 0.6 is 15.9 Å². The second-order valence-electron chi connectivity index (χ2n) is 4.51. The van der Waals surface area contributed by atoms with E-state index >= 15 is 0 Å². The first kappa shape index (κ1) is 17.3. The number of carboxylic acid groups (broad SMARTS) is 1. The van der Waals surface area contributed by atoms with Crippen molar-refractivity contribution in [3.05, 3.63) is 22.7 Å². The molecule has 0 aliphatic carbocycles. The van der Waals surface area contributed by atoms with Gasteiger partial charge in [-0.1, -0.05) is 0 Å². The molecule has 0 bridgehead atoms. The van der Waals surface area contributed by atoms with Crippen molar-refractivity contribution in [3.63, 3.8) is 0 Å². The van der Waals surface area contributed by atoms with E-state index in [0.29, 0.717) is 18.0 Å². The molecule has 1 aromatic carbocycles. The topological polar surface area (TPSA) is 78.9 Å². The highest BCUT2D eigenvalue weighted by atomic mass is 79.9. The maximum atomic E-state index is 12.2. The Balaban J connectivity index is 2.78. The number of benzene rings is 1. The highest BCUT2D eigenvalue weighted by molar-refractivity contribution is 9.10. The summed E-state index contributed by atoms with van der Waals surface area (Å²) < 4.78 is 5.85. The van der Waals surface area contributed by atoms with Crippen LogP contribution in [0.1, 0.15) is 20.3 Å². The van der Waals surface area contributed by atoms with Crippen LogP contribution in [0.3, 0.4) is 0 Å². The SMILES string of the molecule is CCN(C(=O)Nc1ccc(OC)c(Br)c1)C(C)CC(=O)O. The summed E-state index contributed by atoms with van der Waals surface area (Å²) in [5.41, 5.74) is 0.605. The van der Waals surface area contributed by atoms with Gasteiger partial charge in [0.15, 0.2) is 0 Å². The summed E-state index contributed by atoms with van der Waals surface area (Å²) in [6.45, 7) is 3.95. The summed E-state index contributed by atoms with van der Waals surface area (Å²) in [4.78, 5) is 24.4. The molecular weight excluding hydrogens is 340 g/mol. The van der Waals surface area contributed by atoms with Crippen molar-refractivity contribution in [1.29, 1.82) is 0 Å². The van der Waals surface area contributed by atoms with Gasteiger partial charge in [-0.05, 0) is 48.0 Å². The van der Waals surface area contributed by atoms with Gasteiger partial charge in [0.25, 0.3) is 0 Å². The average molecular weight is 359 g/mol. The molecule has 21 heavy (non-hydrogen) atoms. The van der Waals surface area contributed by atoms with Crippen LogP contribution in [0.25, 0.3) is 0 Å². The van der Waals surface area contributed by atoms with E-state index in [1.54, 1.807) is 32.2 Å². The number of carbonyl (C=O) groups is 2. The van der Waals surface area contributed by atoms with Gasteiger partial charge in [0.05, 0.1) is 18.0 Å². The maximum Gasteiger partial charge on any atom is 0.322 e. The molecule has 0 saturated heterocycles. The molecule has 6 nitrogen and oxygen atoms in total. The van der Waals surface area contributed by atoms with Crippen LogP contribution in [0.5, 0.6) is 5.75 Å². The molecule has 0 saturated carbocycles. The highest BCUT2D eigenvalue weighted by Gasteiger charge is 2.20. The second kappa shape index (κ2) is 7.87. The first-order chi connectivity index (χ1) is 9.88. The standard InChI is InChI=1S/C14H19BrN2O4/c1-4-17(9(2)7-13(18)19)14(20)16-10-5-6-12(21-3)11(15)8-10/h5-6,8-9H,4,7H2,1-3H3,(H,16,20)(H,18,19). The van der Waals surface area contributed by atoms with Crippen molar-refractivity contribution in [2.45, 2.75) is 26.3 Å². The highest BCUT2D eigenvalue weighted by Crippen LogP contribution is 2.27. The summed E-state index contributed by atoms with van der Waals surface area (Å²) >= 11 is 3.35. The molecule has 116 valence electrons. The first-order valence-electron chi connectivity index (χ1n) is 6.52. The Morgan fingerprint density at radius 3 is 2.62 bits per heavy atom. The zero-order valence-electron chi connectivity index (χ0n) is 12.2. The van der Waals surface area contributed by atoms with Crippen LogP contribution in [-0.2, 0) is 4.79 Å². The van der Waals surface area contributed by atoms with Gasteiger partial charge < -0.3 is 20.1 Å². The summed E-state index contributed by atoms with van der Waals surface area (Å²) in [5, 5.41) is 11.6. The van der Waals surface area contributed by atoms with Gasteiger partial charge in [-0.15, -0.1) is 0 Å². The Bertz CT molecular complexity index is 522. The maximum absolute atomic E-state index is 12.2. The smallest absolute Gasteiger partial charge is 0.322 e. The summed E-state index contributed by atoms with van der Waals surface area (Å²) in [5.74, 6) is -0.263. The van der Waals surface area contributed by atoms with E-state index in [0.717, 1.165) is 4.47 Å². The van der Waals surface area contributed by atoms with E-state index in [1.807, 2.05) is 6.92 Å². The molecule has 0 heterocycles. The summed E-state index contributed by atoms with van der Waals surface area (Å²) in [6, 6.07) is 4.47. The normalized spacial score (nSPS) is 11.6. The van der Waals surface area contributed by atoms with E-state index < -0.39 is 5.97 Å². The van der Waals surface area contributed by atoms with Gasteiger partial charge >= 0.3 is 12.0 Å². The quantitative estimate of drug-likeness (QED) is 0.818. The van der Waals surface area contributed by atoms with E-state index in [2.05, 4.69) is 21.2 Å². The van der Waals surface area contributed by atoms with Crippen LogP contribution in [0, 0.1) is 0 Å².